The van der Waals surface area contributed by atoms with Crippen molar-refractivity contribution in [1.82, 2.24) is 9.55 Å². The van der Waals surface area contributed by atoms with Gasteiger partial charge >= 0.3 is 5.97 Å². The average Bonchev–Trinajstić information content (AvgIpc) is 2.99. The van der Waals surface area contributed by atoms with Gasteiger partial charge in [-0.2, -0.15) is 0 Å². The van der Waals surface area contributed by atoms with Crippen molar-refractivity contribution >= 4 is 28.3 Å². The van der Waals surface area contributed by atoms with Gasteiger partial charge in [0.25, 0.3) is 4.74 Å². The molecule has 0 spiro atoms. The molecule has 1 aromatic carbocycles. The SMILES string of the molecule is CC(=O)OCCOCn1cnc2c(=O)sc(-c3ccccc3)cc21. The molecule has 0 N–H and O–H groups in total. The molecule has 124 valence electrons. The Bertz CT molecular complexity index is 902. The van der Waals surface area contributed by atoms with Crippen LogP contribution >= 0.6 is 11.3 Å². The van der Waals surface area contributed by atoms with E-state index in [1.165, 1.54) is 18.3 Å². The first kappa shape index (κ1) is 16.4. The zero-order valence-electron chi connectivity index (χ0n) is 13.1. The lowest BCUT2D eigenvalue weighted by molar-refractivity contribution is -0.142. The number of benzene rings is 1. The number of nitrogens with zero attached hydrogens (tertiary/aromatic N) is 2. The predicted octanol–water partition coefficient (Wildman–Crippen LogP) is 2.66. The van der Waals surface area contributed by atoms with Crippen LogP contribution in [0.2, 0.25) is 0 Å². The van der Waals surface area contributed by atoms with Gasteiger partial charge in [0.05, 0.1) is 18.5 Å². The first-order valence-corrected chi connectivity index (χ1v) is 8.22. The third kappa shape index (κ3) is 3.69. The van der Waals surface area contributed by atoms with Gasteiger partial charge in [-0.25, -0.2) is 4.98 Å². The zero-order chi connectivity index (χ0) is 16.9. The summed E-state index contributed by atoms with van der Waals surface area (Å²) in [5.41, 5.74) is 2.15. The molecule has 3 rings (SSSR count). The van der Waals surface area contributed by atoms with Crippen molar-refractivity contribution in [2.45, 2.75) is 13.7 Å². The average molecular weight is 344 g/mol. The van der Waals surface area contributed by atoms with Crippen LogP contribution in [-0.2, 0) is 21.0 Å². The fourth-order valence-corrected chi connectivity index (χ4v) is 3.14. The number of carbonyl (C=O) groups excluding carboxylic acids is 1. The third-order valence-electron chi connectivity index (χ3n) is 3.36. The fourth-order valence-electron chi connectivity index (χ4n) is 2.26. The van der Waals surface area contributed by atoms with Gasteiger partial charge in [0, 0.05) is 11.8 Å². The molecule has 0 fully saturated rings. The van der Waals surface area contributed by atoms with Gasteiger partial charge in [0.1, 0.15) is 18.9 Å². The van der Waals surface area contributed by atoms with E-state index in [1.54, 1.807) is 10.9 Å². The Kier molecular flexibility index (Phi) is 5.02. The van der Waals surface area contributed by atoms with E-state index >= 15 is 0 Å². The maximum atomic E-state index is 12.3. The van der Waals surface area contributed by atoms with Gasteiger partial charge in [-0.1, -0.05) is 41.7 Å². The number of hydrogen-bond acceptors (Lipinski definition) is 6. The lowest BCUT2D eigenvalue weighted by Gasteiger charge is -2.07. The second-order valence-electron chi connectivity index (χ2n) is 5.09. The van der Waals surface area contributed by atoms with Crippen molar-refractivity contribution in [3.05, 3.63) is 52.3 Å². The largest absolute Gasteiger partial charge is 0.463 e. The predicted molar refractivity (Wildman–Crippen MR) is 91.9 cm³/mol. The van der Waals surface area contributed by atoms with Crippen molar-refractivity contribution in [2.75, 3.05) is 13.2 Å². The lowest BCUT2D eigenvalue weighted by atomic mass is 10.2. The summed E-state index contributed by atoms with van der Waals surface area (Å²) in [6.07, 6.45) is 1.58. The van der Waals surface area contributed by atoms with Crippen molar-refractivity contribution < 1.29 is 14.3 Å². The normalized spacial score (nSPS) is 10.9. The first-order valence-electron chi connectivity index (χ1n) is 7.40. The molecule has 0 amide bonds. The van der Waals surface area contributed by atoms with E-state index in [1.807, 2.05) is 36.4 Å². The van der Waals surface area contributed by atoms with Crippen LogP contribution in [0.4, 0.5) is 0 Å². The summed E-state index contributed by atoms with van der Waals surface area (Å²) in [4.78, 5) is 28.0. The third-order valence-corrected chi connectivity index (χ3v) is 4.32. The monoisotopic (exact) mass is 344 g/mol. The molecule has 0 radical (unpaired) electrons. The summed E-state index contributed by atoms with van der Waals surface area (Å²) < 4.78 is 12.0. The van der Waals surface area contributed by atoms with Crippen molar-refractivity contribution in [2.24, 2.45) is 0 Å². The molecule has 3 aromatic rings. The molecule has 6 nitrogen and oxygen atoms in total. The first-order chi connectivity index (χ1) is 11.6. The maximum Gasteiger partial charge on any atom is 0.302 e. The Labute approximate surface area is 142 Å². The topological polar surface area (TPSA) is 70.4 Å². The van der Waals surface area contributed by atoms with Gasteiger partial charge in [-0.15, -0.1) is 0 Å². The maximum absolute atomic E-state index is 12.3. The molecule has 0 unspecified atom stereocenters. The molecule has 0 aliphatic carbocycles. The summed E-state index contributed by atoms with van der Waals surface area (Å²) in [6, 6.07) is 11.7. The van der Waals surface area contributed by atoms with Crippen LogP contribution < -0.4 is 4.74 Å². The number of hydrogen-bond donors (Lipinski definition) is 0. The molecule has 0 aliphatic heterocycles. The smallest absolute Gasteiger partial charge is 0.302 e. The Morgan fingerprint density at radius 3 is 2.79 bits per heavy atom. The second-order valence-corrected chi connectivity index (χ2v) is 6.10. The minimum atomic E-state index is -0.336. The number of ether oxygens (including phenoxy) is 2. The Morgan fingerprint density at radius 1 is 1.25 bits per heavy atom. The van der Waals surface area contributed by atoms with Crippen LogP contribution in [-0.4, -0.2) is 28.7 Å². The Hall–Kier alpha value is -2.51. The zero-order valence-corrected chi connectivity index (χ0v) is 13.9. The molecule has 0 saturated carbocycles. The van der Waals surface area contributed by atoms with Crippen LogP contribution in [0, 0.1) is 0 Å². The van der Waals surface area contributed by atoms with Crippen molar-refractivity contribution in [3.63, 3.8) is 0 Å². The highest BCUT2D eigenvalue weighted by Gasteiger charge is 2.10. The Balaban J connectivity index is 1.81. The van der Waals surface area contributed by atoms with Gasteiger partial charge < -0.3 is 14.0 Å². The van der Waals surface area contributed by atoms with Crippen LogP contribution in [0.15, 0.2) is 47.5 Å². The van der Waals surface area contributed by atoms with Gasteiger partial charge in [-0.3, -0.25) is 9.59 Å². The quantitative estimate of drug-likeness (QED) is 0.508. The highest BCUT2D eigenvalue weighted by Crippen LogP contribution is 2.25. The fraction of sp³-hybridized carbons (Fsp3) is 0.235. The van der Waals surface area contributed by atoms with Crippen LogP contribution in [0.1, 0.15) is 6.92 Å². The molecule has 2 heterocycles. The summed E-state index contributed by atoms with van der Waals surface area (Å²) in [6.45, 7) is 2.07. The van der Waals surface area contributed by atoms with Crippen LogP contribution in [0.25, 0.3) is 21.5 Å². The van der Waals surface area contributed by atoms with Gasteiger partial charge in [-0.05, 0) is 11.6 Å². The summed E-state index contributed by atoms with van der Waals surface area (Å²) in [7, 11) is 0. The highest BCUT2D eigenvalue weighted by molar-refractivity contribution is 7.13. The molecule has 0 aliphatic rings. The molecular formula is C17H16N2O4S. The summed E-state index contributed by atoms with van der Waals surface area (Å²) in [5, 5.41) is 0. The van der Waals surface area contributed by atoms with Crippen LogP contribution in [0.5, 0.6) is 0 Å². The van der Waals surface area contributed by atoms with E-state index in [0.29, 0.717) is 5.52 Å². The lowest BCUT2D eigenvalue weighted by Crippen LogP contribution is -2.10. The molecule has 0 saturated heterocycles. The van der Waals surface area contributed by atoms with E-state index in [0.717, 1.165) is 16.0 Å². The Morgan fingerprint density at radius 2 is 2.04 bits per heavy atom. The number of aromatic nitrogens is 2. The number of fused-ring (bicyclic) bond motifs is 1. The number of imidazole rings is 1. The molecule has 7 heteroatoms. The van der Waals surface area contributed by atoms with Crippen LogP contribution in [0.3, 0.4) is 0 Å². The van der Waals surface area contributed by atoms with E-state index in [-0.39, 0.29) is 30.7 Å². The number of esters is 1. The van der Waals surface area contributed by atoms with E-state index in [9.17, 15) is 9.59 Å². The molecule has 24 heavy (non-hydrogen) atoms. The minimum absolute atomic E-state index is 0.0787. The molecule has 0 atom stereocenters. The van der Waals surface area contributed by atoms with E-state index < -0.39 is 0 Å². The minimum Gasteiger partial charge on any atom is -0.463 e. The molecule has 2 aromatic heterocycles. The number of carbonyl (C=O) groups is 1. The van der Waals surface area contributed by atoms with E-state index in [4.69, 9.17) is 9.47 Å². The van der Waals surface area contributed by atoms with Crippen molar-refractivity contribution in [1.29, 1.82) is 0 Å². The molecular weight excluding hydrogens is 328 g/mol. The van der Waals surface area contributed by atoms with Gasteiger partial charge in [0.2, 0.25) is 0 Å². The highest BCUT2D eigenvalue weighted by atomic mass is 32.1. The standard InChI is InChI=1S/C17H16N2O4S/c1-12(20)23-8-7-22-11-19-10-18-16-14(19)9-15(24-17(16)21)13-5-3-2-4-6-13/h2-6,9-10H,7-8,11H2,1H3. The van der Waals surface area contributed by atoms with E-state index in [2.05, 4.69) is 4.98 Å². The summed E-state index contributed by atoms with van der Waals surface area (Å²) in [5.74, 6) is -0.336. The summed E-state index contributed by atoms with van der Waals surface area (Å²) >= 11 is 1.18. The molecule has 0 bridgehead atoms. The number of rotatable bonds is 6. The van der Waals surface area contributed by atoms with Gasteiger partial charge in [0.15, 0.2) is 0 Å². The second kappa shape index (κ2) is 7.37. The van der Waals surface area contributed by atoms with Crippen molar-refractivity contribution in [3.8, 4) is 10.4 Å².